The van der Waals surface area contributed by atoms with Gasteiger partial charge in [-0.3, -0.25) is 9.59 Å². The van der Waals surface area contributed by atoms with Gasteiger partial charge in [-0.05, 0) is 71.7 Å². The summed E-state index contributed by atoms with van der Waals surface area (Å²) >= 11 is 7.93. The number of anilines is 2. The molecule has 0 radical (unpaired) electrons. The van der Waals surface area contributed by atoms with Crippen molar-refractivity contribution < 1.29 is 67.0 Å². The van der Waals surface area contributed by atoms with Crippen LogP contribution in [0, 0.1) is 0 Å². The fraction of sp³-hybridized carbons (Fsp3) is 0.300. The Bertz CT molecular complexity index is 1100. The van der Waals surface area contributed by atoms with Crippen molar-refractivity contribution in [2.75, 3.05) is 10.6 Å². The molecule has 0 saturated heterocycles. The Morgan fingerprint density at radius 3 is 1.03 bits per heavy atom. The minimum atomic E-state index is -6.24. The Hall–Kier alpha value is -3.08. The van der Waals surface area contributed by atoms with Crippen LogP contribution in [0.15, 0.2) is 48.5 Å². The van der Waals surface area contributed by atoms with Crippen LogP contribution in [0.3, 0.4) is 0 Å². The molecule has 2 amide bonds. The van der Waals surface area contributed by atoms with Gasteiger partial charge in [0.05, 0.1) is 0 Å². The molecule has 2 N–H and O–H groups in total. The summed E-state index contributed by atoms with van der Waals surface area (Å²) in [5, 5.41) is -8.95. The highest BCUT2D eigenvalue weighted by Gasteiger charge is 2.75. The van der Waals surface area contributed by atoms with Gasteiger partial charge in [0.15, 0.2) is 0 Å². The minimum Gasteiger partial charge on any atom is -0.457 e. The second kappa shape index (κ2) is 10.5. The van der Waals surface area contributed by atoms with Crippen LogP contribution in [-0.2, 0) is 9.59 Å². The Morgan fingerprint density at radius 1 is 0.538 bits per heavy atom. The molecule has 2 aromatic rings. The van der Waals surface area contributed by atoms with Crippen molar-refractivity contribution in [2.24, 2.45) is 0 Å². The number of nitrogens with one attached hydrogen (secondary N) is 2. The predicted molar refractivity (Wildman–Crippen MR) is 112 cm³/mol. The number of carbonyl (C=O) groups is 2. The van der Waals surface area contributed by atoms with Crippen LogP contribution >= 0.6 is 23.2 Å². The third-order valence-electron chi connectivity index (χ3n) is 4.53. The standard InChI is InChI=1S/C20H10Cl2F12N2O3/c21-19(31,32)17(27,28)15(23,24)13(37)35-9-1-5-11(6-2-9)39-12-7-3-10(4-8-12)36-14(38)16(25,26)18(29,30)20(22,33)34/h1-8H,(H,35,37)(H,36,38). The SMILES string of the molecule is O=C(Nc1ccc(Oc2ccc(NC(=O)C(F)(F)C(F)(F)C(F)(F)Cl)cc2)cc1)C(F)(F)C(F)(F)C(F)(F)Cl. The summed E-state index contributed by atoms with van der Waals surface area (Å²) in [6, 6.07) is 7.15. The minimum absolute atomic E-state index is 0.135. The van der Waals surface area contributed by atoms with Crippen LogP contribution in [0.4, 0.5) is 64.1 Å². The van der Waals surface area contributed by atoms with Gasteiger partial charge in [0.1, 0.15) is 11.5 Å². The molecule has 216 valence electrons. The Labute approximate surface area is 219 Å². The van der Waals surface area contributed by atoms with Gasteiger partial charge in [-0.1, -0.05) is 0 Å². The predicted octanol–water partition coefficient (Wildman–Crippen LogP) is 7.56. The first-order chi connectivity index (χ1) is 17.4. The summed E-state index contributed by atoms with van der Waals surface area (Å²) in [6.45, 7) is 0. The molecule has 0 saturated carbocycles. The van der Waals surface area contributed by atoms with Crippen LogP contribution in [-0.4, -0.2) is 46.3 Å². The molecular formula is C20H10Cl2F12N2O3. The fourth-order valence-corrected chi connectivity index (χ4v) is 2.65. The van der Waals surface area contributed by atoms with Gasteiger partial charge in [0.25, 0.3) is 0 Å². The Kier molecular flexibility index (Phi) is 8.63. The lowest BCUT2D eigenvalue weighted by molar-refractivity contribution is -0.266. The van der Waals surface area contributed by atoms with E-state index in [1.165, 1.54) is 10.6 Å². The molecule has 0 unspecified atom stereocenters. The van der Waals surface area contributed by atoms with E-state index < -0.39 is 57.6 Å². The first kappa shape index (κ1) is 32.1. The van der Waals surface area contributed by atoms with E-state index in [0.717, 1.165) is 48.5 Å². The third-order valence-corrected chi connectivity index (χ3v) is 5.01. The first-order valence-electron chi connectivity index (χ1n) is 9.60. The van der Waals surface area contributed by atoms with E-state index in [9.17, 15) is 62.3 Å². The molecule has 0 atom stereocenters. The van der Waals surface area contributed by atoms with E-state index in [1.807, 2.05) is 0 Å². The van der Waals surface area contributed by atoms with Crippen LogP contribution in [0.25, 0.3) is 0 Å². The summed E-state index contributed by atoms with van der Waals surface area (Å²) in [4.78, 5) is 22.9. The molecule has 0 heterocycles. The zero-order chi connectivity index (χ0) is 30.2. The van der Waals surface area contributed by atoms with Gasteiger partial charge >= 0.3 is 46.3 Å². The van der Waals surface area contributed by atoms with Crippen molar-refractivity contribution in [1.82, 2.24) is 0 Å². The number of halogens is 14. The summed E-state index contributed by atoms with van der Waals surface area (Å²) in [5.41, 5.74) is -1.14. The highest BCUT2D eigenvalue weighted by atomic mass is 35.5. The lowest BCUT2D eigenvalue weighted by Crippen LogP contribution is -2.57. The maximum absolute atomic E-state index is 13.5. The molecule has 0 spiro atoms. The monoisotopic (exact) mass is 624 g/mol. The highest BCUT2D eigenvalue weighted by molar-refractivity contribution is 6.23. The van der Waals surface area contributed by atoms with E-state index in [1.54, 1.807) is 0 Å². The molecule has 0 aliphatic rings. The smallest absolute Gasteiger partial charge is 0.395 e. The fourth-order valence-electron chi connectivity index (χ4n) is 2.41. The van der Waals surface area contributed by atoms with Crippen LogP contribution in [0.5, 0.6) is 11.5 Å². The van der Waals surface area contributed by atoms with Crippen molar-refractivity contribution in [3.63, 3.8) is 0 Å². The molecule has 19 heteroatoms. The second-order valence-electron chi connectivity index (χ2n) is 7.35. The molecule has 0 fully saturated rings. The van der Waals surface area contributed by atoms with Crippen molar-refractivity contribution in [3.05, 3.63) is 48.5 Å². The maximum Gasteiger partial charge on any atom is 0.395 e. The number of hydrogen-bond acceptors (Lipinski definition) is 3. The third kappa shape index (κ3) is 6.40. The van der Waals surface area contributed by atoms with Gasteiger partial charge < -0.3 is 15.4 Å². The zero-order valence-electron chi connectivity index (χ0n) is 18.1. The topological polar surface area (TPSA) is 67.4 Å². The number of amides is 2. The van der Waals surface area contributed by atoms with Crippen LogP contribution in [0.2, 0.25) is 0 Å². The second-order valence-corrected chi connectivity index (χ2v) is 8.30. The number of benzene rings is 2. The van der Waals surface area contributed by atoms with Crippen LogP contribution < -0.4 is 15.4 Å². The zero-order valence-corrected chi connectivity index (χ0v) is 19.6. The molecule has 0 aliphatic carbocycles. The number of alkyl halides is 14. The first-order valence-corrected chi connectivity index (χ1v) is 10.4. The molecule has 5 nitrogen and oxygen atoms in total. The largest absolute Gasteiger partial charge is 0.457 e. The highest BCUT2D eigenvalue weighted by Crippen LogP contribution is 2.49. The normalized spacial score (nSPS) is 13.6. The van der Waals surface area contributed by atoms with E-state index >= 15 is 0 Å². The van der Waals surface area contributed by atoms with Gasteiger partial charge in [-0.2, -0.15) is 52.7 Å². The van der Waals surface area contributed by atoms with Crippen molar-refractivity contribution in [3.8, 4) is 11.5 Å². The number of rotatable bonds is 10. The van der Waals surface area contributed by atoms with E-state index in [2.05, 4.69) is 23.2 Å². The quantitative estimate of drug-likeness (QED) is 0.212. The van der Waals surface area contributed by atoms with E-state index in [-0.39, 0.29) is 11.5 Å². The van der Waals surface area contributed by atoms with Crippen molar-refractivity contribution in [2.45, 2.75) is 34.5 Å². The van der Waals surface area contributed by atoms with Gasteiger partial charge in [-0.25, -0.2) is 0 Å². The lowest BCUT2D eigenvalue weighted by Gasteiger charge is -2.28. The molecular weight excluding hydrogens is 615 g/mol. The molecule has 2 rings (SSSR count). The summed E-state index contributed by atoms with van der Waals surface area (Å²) < 4.78 is 163. The number of ether oxygens (including phenoxy) is 1. The molecule has 39 heavy (non-hydrogen) atoms. The Morgan fingerprint density at radius 2 is 0.795 bits per heavy atom. The lowest BCUT2D eigenvalue weighted by atomic mass is 10.1. The summed E-state index contributed by atoms with van der Waals surface area (Å²) in [5.74, 6) is -30.2. The average Bonchev–Trinajstić information content (AvgIpc) is 2.79. The molecule has 0 aromatic heterocycles. The van der Waals surface area contributed by atoms with Gasteiger partial charge in [-0.15, -0.1) is 0 Å². The summed E-state index contributed by atoms with van der Waals surface area (Å²) in [6.07, 6.45) is 0. The van der Waals surface area contributed by atoms with Crippen molar-refractivity contribution in [1.29, 1.82) is 0 Å². The van der Waals surface area contributed by atoms with Crippen LogP contribution in [0.1, 0.15) is 0 Å². The molecule has 0 bridgehead atoms. The molecule has 2 aromatic carbocycles. The van der Waals surface area contributed by atoms with E-state index in [0.29, 0.717) is 0 Å². The average molecular weight is 625 g/mol. The summed E-state index contributed by atoms with van der Waals surface area (Å²) in [7, 11) is 0. The number of hydrogen-bond donors (Lipinski definition) is 2. The Balaban J connectivity index is 2.06. The maximum atomic E-state index is 13.5. The van der Waals surface area contributed by atoms with Gasteiger partial charge in [0.2, 0.25) is 0 Å². The van der Waals surface area contributed by atoms with Gasteiger partial charge in [0, 0.05) is 11.4 Å². The number of carbonyl (C=O) groups excluding carboxylic acids is 2. The molecule has 0 aliphatic heterocycles. The van der Waals surface area contributed by atoms with Crippen molar-refractivity contribution >= 4 is 46.4 Å². The van der Waals surface area contributed by atoms with E-state index in [4.69, 9.17) is 4.74 Å².